The van der Waals surface area contributed by atoms with Crippen molar-refractivity contribution in [2.24, 2.45) is 5.92 Å². The molecule has 10 heteroatoms. The Balaban J connectivity index is 1.15. The second-order valence-corrected chi connectivity index (χ2v) is 17.5. The van der Waals surface area contributed by atoms with Gasteiger partial charge in [0.2, 0.25) is 0 Å². The van der Waals surface area contributed by atoms with Crippen molar-refractivity contribution in [2.75, 3.05) is 33.5 Å². The van der Waals surface area contributed by atoms with Gasteiger partial charge in [-0.3, -0.25) is 14.8 Å². The molecule has 1 saturated carbocycles. The van der Waals surface area contributed by atoms with Crippen molar-refractivity contribution in [1.82, 2.24) is 0 Å². The number of allylic oxidation sites excluding steroid dienone is 1. The number of hydrogen-bond donors (Lipinski definition) is 1. The Hall–Kier alpha value is -1.56. The van der Waals surface area contributed by atoms with E-state index in [0.29, 0.717) is 26.1 Å². The summed E-state index contributed by atoms with van der Waals surface area (Å²) in [5, 5.41) is 8.96. The monoisotopic (exact) mass is 795 g/mol. The van der Waals surface area contributed by atoms with Crippen molar-refractivity contribution in [3.63, 3.8) is 0 Å². The number of ether oxygens (including phenoxy) is 6. The third-order valence-corrected chi connectivity index (χ3v) is 12.3. The van der Waals surface area contributed by atoms with Gasteiger partial charge in [-0.1, -0.05) is 134 Å². The lowest BCUT2D eigenvalue weighted by Gasteiger charge is -2.42. The zero-order valence-corrected chi connectivity index (χ0v) is 36.3. The summed E-state index contributed by atoms with van der Waals surface area (Å²) in [7, 11) is 1.70. The van der Waals surface area contributed by atoms with Crippen LogP contribution >= 0.6 is 0 Å². The highest BCUT2D eigenvalue weighted by Gasteiger charge is 2.72. The van der Waals surface area contributed by atoms with Gasteiger partial charge in [-0.05, 0) is 59.3 Å². The van der Waals surface area contributed by atoms with E-state index in [0.717, 1.165) is 70.6 Å². The van der Waals surface area contributed by atoms with E-state index in [2.05, 4.69) is 38.7 Å². The summed E-state index contributed by atoms with van der Waals surface area (Å²) in [6.45, 7) is 10.1. The van der Waals surface area contributed by atoms with Crippen molar-refractivity contribution in [3.8, 4) is 0 Å². The van der Waals surface area contributed by atoms with Crippen LogP contribution in [0.3, 0.4) is 0 Å². The molecule has 1 spiro atoms. The third-order valence-electron chi connectivity index (χ3n) is 12.3. The minimum atomic E-state index is -0.611. The third kappa shape index (κ3) is 18.6. The zero-order valence-electron chi connectivity index (χ0n) is 36.3. The van der Waals surface area contributed by atoms with Crippen molar-refractivity contribution in [1.29, 1.82) is 0 Å². The summed E-state index contributed by atoms with van der Waals surface area (Å²) < 4.78 is 35.6. The van der Waals surface area contributed by atoms with Crippen LogP contribution in [-0.4, -0.2) is 86.4 Å². The Morgan fingerprint density at radius 2 is 1.32 bits per heavy atom. The normalized spacial score (nSPS) is 25.9. The molecule has 2 heterocycles. The fourth-order valence-electron chi connectivity index (χ4n) is 8.78. The second kappa shape index (κ2) is 28.0. The molecule has 3 aliphatic rings. The van der Waals surface area contributed by atoms with Gasteiger partial charge in [0, 0.05) is 26.6 Å². The zero-order chi connectivity index (χ0) is 40.5. The Kier molecular flexibility index (Phi) is 24.4. The highest BCUT2D eigenvalue weighted by molar-refractivity contribution is 5.70. The van der Waals surface area contributed by atoms with Crippen LogP contribution in [-0.2, 0) is 42.9 Å². The molecular formula is C46H82O10. The second-order valence-electron chi connectivity index (χ2n) is 17.5. The number of hydrogen-bond acceptors (Lipinski definition) is 10. The number of epoxide rings is 2. The van der Waals surface area contributed by atoms with Crippen LogP contribution in [0.5, 0.6) is 0 Å². The molecule has 0 aromatic heterocycles. The van der Waals surface area contributed by atoms with Gasteiger partial charge in [-0.25, -0.2) is 4.89 Å². The highest BCUT2D eigenvalue weighted by atomic mass is 17.1. The molecule has 10 nitrogen and oxygen atoms in total. The van der Waals surface area contributed by atoms with E-state index in [1.165, 1.54) is 89.0 Å². The first-order chi connectivity index (χ1) is 27.2. The first-order valence-electron chi connectivity index (χ1n) is 22.9. The maximum Gasteiger partial charge on any atom is 0.306 e. The van der Waals surface area contributed by atoms with E-state index in [1.807, 2.05) is 0 Å². The molecule has 0 amide bonds. The average Bonchev–Trinajstić information content (AvgIpc) is 4.09. The van der Waals surface area contributed by atoms with Crippen molar-refractivity contribution < 1.29 is 48.2 Å². The van der Waals surface area contributed by atoms with Crippen molar-refractivity contribution >= 4 is 11.9 Å². The van der Waals surface area contributed by atoms with E-state index in [4.69, 9.17) is 33.7 Å². The number of methoxy groups -OCH3 is 1. The SMILES string of the molecule is CCCCCCCCCCCCCCCCCOCC(COO)OC(=O)CCCCCCCCC(=O)O[C@@H]1CC[C@]2(CO2)[C@@H]([C@@]2(C)OC2CC=C(C)C)[C@@H]1OC. The van der Waals surface area contributed by atoms with E-state index in [-0.39, 0.29) is 60.6 Å². The Bertz CT molecular complexity index is 1090. The minimum absolute atomic E-state index is 0.0233. The fourth-order valence-corrected chi connectivity index (χ4v) is 8.78. The quantitative estimate of drug-likeness (QED) is 0.0165. The molecule has 0 bridgehead atoms. The standard InChI is InChI=1S/C46H82O10/c1-6-7-8-9-10-11-12-13-14-15-16-17-20-23-26-33-51-34-38(35-53-49)54-41(47)27-24-21-18-19-22-25-28-42(48)55-39-31-32-46(36-52-46)44(43(39)50-5)45(4)40(56-45)30-29-37(2)3/h29,38-40,43-44,49H,6-28,30-36H2,1-5H3/t38?,39-,40?,43-,44-,45+,46+/m1/s1. The van der Waals surface area contributed by atoms with E-state index >= 15 is 0 Å². The molecular weight excluding hydrogens is 712 g/mol. The van der Waals surface area contributed by atoms with Gasteiger partial charge in [0.25, 0.3) is 0 Å². The summed E-state index contributed by atoms with van der Waals surface area (Å²) in [5.74, 6) is -0.445. The predicted molar refractivity (Wildman–Crippen MR) is 221 cm³/mol. The molecule has 326 valence electrons. The van der Waals surface area contributed by atoms with Crippen LogP contribution in [0, 0.1) is 5.92 Å². The molecule has 1 aliphatic carbocycles. The summed E-state index contributed by atoms with van der Waals surface area (Å²) >= 11 is 0. The highest BCUT2D eigenvalue weighted by Crippen LogP contribution is 2.59. The molecule has 2 unspecified atom stereocenters. The number of esters is 2. The Morgan fingerprint density at radius 1 is 0.786 bits per heavy atom. The Labute approximate surface area is 340 Å². The number of carbonyl (C=O) groups is 2. The first-order valence-corrected chi connectivity index (χ1v) is 22.9. The van der Waals surface area contributed by atoms with Crippen molar-refractivity contribution in [2.45, 2.75) is 230 Å². The number of unbranched alkanes of at least 4 members (excludes halogenated alkanes) is 19. The van der Waals surface area contributed by atoms with Crippen LogP contribution < -0.4 is 0 Å². The van der Waals surface area contributed by atoms with E-state index in [9.17, 15) is 9.59 Å². The molecule has 7 atom stereocenters. The number of carbonyl (C=O) groups excluding carboxylic acids is 2. The topological polar surface area (TPSA) is 126 Å². The fraction of sp³-hybridized carbons (Fsp3) is 0.913. The van der Waals surface area contributed by atoms with Crippen LogP contribution in [0.2, 0.25) is 0 Å². The minimum Gasteiger partial charge on any atom is -0.460 e. The van der Waals surface area contributed by atoms with Gasteiger partial charge in [0.05, 0.1) is 25.2 Å². The van der Waals surface area contributed by atoms with Crippen LogP contribution in [0.4, 0.5) is 0 Å². The van der Waals surface area contributed by atoms with Gasteiger partial charge in [0.15, 0.2) is 6.10 Å². The van der Waals surface area contributed by atoms with Gasteiger partial charge in [-0.2, -0.15) is 0 Å². The molecule has 1 N–H and O–H groups in total. The molecule has 0 aromatic carbocycles. The summed E-state index contributed by atoms with van der Waals surface area (Å²) in [5.41, 5.74) is 0.698. The molecule has 2 saturated heterocycles. The van der Waals surface area contributed by atoms with E-state index in [1.54, 1.807) is 7.11 Å². The average molecular weight is 795 g/mol. The van der Waals surface area contributed by atoms with Gasteiger partial charge < -0.3 is 28.4 Å². The molecule has 0 aromatic rings. The van der Waals surface area contributed by atoms with Crippen LogP contribution in [0.15, 0.2) is 11.6 Å². The molecule has 3 rings (SSSR count). The molecule has 3 fully saturated rings. The van der Waals surface area contributed by atoms with Crippen LogP contribution in [0.25, 0.3) is 0 Å². The largest absolute Gasteiger partial charge is 0.460 e. The number of rotatable bonds is 35. The summed E-state index contributed by atoms with van der Waals surface area (Å²) in [6, 6.07) is 0. The summed E-state index contributed by atoms with van der Waals surface area (Å²) in [6.07, 6.45) is 29.5. The first kappa shape index (κ1) is 48.8. The van der Waals surface area contributed by atoms with Gasteiger partial charge in [-0.15, -0.1) is 0 Å². The van der Waals surface area contributed by atoms with E-state index < -0.39 is 6.10 Å². The predicted octanol–water partition coefficient (Wildman–Crippen LogP) is 11.0. The molecule has 56 heavy (non-hydrogen) atoms. The lowest BCUT2D eigenvalue weighted by molar-refractivity contribution is -0.262. The maximum atomic E-state index is 12.9. The summed E-state index contributed by atoms with van der Waals surface area (Å²) in [4.78, 5) is 29.6. The maximum absolute atomic E-state index is 12.9. The lowest BCUT2D eigenvalue weighted by Crippen LogP contribution is -2.55. The van der Waals surface area contributed by atoms with Crippen LogP contribution in [0.1, 0.15) is 195 Å². The van der Waals surface area contributed by atoms with Crippen molar-refractivity contribution in [3.05, 3.63) is 11.6 Å². The van der Waals surface area contributed by atoms with Gasteiger partial charge >= 0.3 is 11.9 Å². The van der Waals surface area contributed by atoms with Gasteiger partial charge in [0.1, 0.15) is 30.0 Å². The smallest absolute Gasteiger partial charge is 0.306 e. The molecule has 0 radical (unpaired) electrons. The lowest BCUT2D eigenvalue weighted by atomic mass is 9.68. The molecule has 2 aliphatic heterocycles. The Morgan fingerprint density at radius 3 is 1.84 bits per heavy atom.